The lowest BCUT2D eigenvalue weighted by atomic mass is 10.1. The Morgan fingerprint density at radius 1 is 1.18 bits per heavy atom. The second kappa shape index (κ2) is 5.93. The van der Waals surface area contributed by atoms with Crippen LogP contribution in [0.4, 0.5) is 0 Å². The van der Waals surface area contributed by atoms with Gasteiger partial charge in [0, 0.05) is 0 Å². The van der Waals surface area contributed by atoms with E-state index in [4.69, 9.17) is 0 Å². The SMILES string of the molecule is CCCc1cc(C(=O)OC)nnc1C(=O)OC. The molecule has 17 heavy (non-hydrogen) atoms. The number of aromatic nitrogens is 2. The number of methoxy groups -OCH3 is 2. The molecule has 0 unspecified atom stereocenters. The molecule has 0 saturated heterocycles. The van der Waals surface area contributed by atoms with Crippen LogP contribution in [-0.2, 0) is 15.9 Å². The quantitative estimate of drug-likeness (QED) is 0.728. The van der Waals surface area contributed by atoms with Gasteiger partial charge >= 0.3 is 11.9 Å². The molecule has 0 spiro atoms. The van der Waals surface area contributed by atoms with Gasteiger partial charge in [0.1, 0.15) is 0 Å². The summed E-state index contributed by atoms with van der Waals surface area (Å²) in [7, 11) is 2.53. The third-order valence-electron chi connectivity index (χ3n) is 2.17. The largest absolute Gasteiger partial charge is 0.464 e. The molecule has 0 aromatic carbocycles. The molecule has 6 nitrogen and oxygen atoms in total. The fourth-order valence-electron chi connectivity index (χ4n) is 1.36. The van der Waals surface area contributed by atoms with E-state index in [-0.39, 0.29) is 11.4 Å². The van der Waals surface area contributed by atoms with Crippen molar-refractivity contribution in [2.45, 2.75) is 19.8 Å². The van der Waals surface area contributed by atoms with Gasteiger partial charge < -0.3 is 9.47 Å². The van der Waals surface area contributed by atoms with Crippen LogP contribution >= 0.6 is 0 Å². The number of esters is 2. The molecule has 1 aromatic heterocycles. The minimum absolute atomic E-state index is 0.0867. The van der Waals surface area contributed by atoms with Gasteiger partial charge in [0.15, 0.2) is 11.4 Å². The highest BCUT2D eigenvalue weighted by Crippen LogP contribution is 2.11. The first-order chi connectivity index (χ1) is 8.13. The Morgan fingerprint density at radius 3 is 2.35 bits per heavy atom. The van der Waals surface area contributed by atoms with Gasteiger partial charge in [0.05, 0.1) is 14.2 Å². The van der Waals surface area contributed by atoms with E-state index in [2.05, 4.69) is 19.7 Å². The van der Waals surface area contributed by atoms with E-state index in [0.717, 1.165) is 6.42 Å². The van der Waals surface area contributed by atoms with E-state index in [1.165, 1.54) is 20.3 Å². The highest BCUT2D eigenvalue weighted by Gasteiger charge is 2.17. The van der Waals surface area contributed by atoms with Gasteiger partial charge in [0.2, 0.25) is 0 Å². The first kappa shape index (κ1) is 13.1. The van der Waals surface area contributed by atoms with Crippen LogP contribution in [0.2, 0.25) is 0 Å². The molecule has 0 N–H and O–H groups in total. The first-order valence-electron chi connectivity index (χ1n) is 5.17. The smallest absolute Gasteiger partial charge is 0.358 e. The zero-order chi connectivity index (χ0) is 12.8. The van der Waals surface area contributed by atoms with Crippen molar-refractivity contribution >= 4 is 11.9 Å². The zero-order valence-electron chi connectivity index (χ0n) is 10.0. The summed E-state index contributed by atoms with van der Waals surface area (Å²) >= 11 is 0. The van der Waals surface area contributed by atoms with E-state index in [1.54, 1.807) is 0 Å². The van der Waals surface area contributed by atoms with Gasteiger partial charge in [-0.25, -0.2) is 9.59 Å². The summed E-state index contributed by atoms with van der Waals surface area (Å²) in [5.74, 6) is -1.14. The predicted octanol–water partition coefficient (Wildman–Crippen LogP) is 1.00. The molecule has 1 heterocycles. The third-order valence-corrected chi connectivity index (χ3v) is 2.17. The number of ether oxygens (including phenoxy) is 2. The highest BCUT2D eigenvalue weighted by atomic mass is 16.5. The lowest BCUT2D eigenvalue weighted by molar-refractivity contribution is 0.0572. The first-order valence-corrected chi connectivity index (χ1v) is 5.17. The maximum absolute atomic E-state index is 11.4. The molecule has 0 atom stereocenters. The molecular weight excluding hydrogens is 224 g/mol. The molecule has 92 valence electrons. The predicted molar refractivity (Wildman–Crippen MR) is 58.7 cm³/mol. The van der Waals surface area contributed by atoms with E-state index in [0.29, 0.717) is 12.0 Å². The van der Waals surface area contributed by atoms with Crippen LogP contribution in [-0.4, -0.2) is 36.4 Å². The van der Waals surface area contributed by atoms with Crippen LogP contribution in [0.1, 0.15) is 39.9 Å². The summed E-state index contributed by atoms with van der Waals surface area (Å²) in [5.41, 5.74) is 0.861. The molecule has 0 aliphatic heterocycles. The normalized spacial score (nSPS) is 9.82. The molecule has 6 heteroatoms. The number of rotatable bonds is 4. The summed E-state index contributed by atoms with van der Waals surface area (Å²) in [6.45, 7) is 1.96. The summed E-state index contributed by atoms with van der Waals surface area (Å²) in [4.78, 5) is 22.7. The summed E-state index contributed by atoms with van der Waals surface area (Å²) in [6, 6.07) is 1.51. The van der Waals surface area contributed by atoms with Crippen molar-refractivity contribution in [2.24, 2.45) is 0 Å². The molecule has 0 radical (unpaired) electrons. The van der Waals surface area contributed by atoms with Crippen molar-refractivity contribution in [3.05, 3.63) is 23.0 Å². The van der Waals surface area contributed by atoms with Crippen LogP contribution in [0.3, 0.4) is 0 Å². The van der Waals surface area contributed by atoms with E-state index < -0.39 is 11.9 Å². The lowest BCUT2D eigenvalue weighted by Crippen LogP contribution is -2.14. The minimum atomic E-state index is -0.578. The van der Waals surface area contributed by atoms with Crippen LogP contribution in [0.5, 0.6) is 0 Å². The van der Waals surface area contributed by atoms with Crippen LogP contribution in [0, 0.1) is 0 Å². The Hall–Kier alpha value is -1.98. The van der Waals surface area contributed by atoms with E-state index in [1.807, 2.05) is 6.92 Å². The summed E-state index contributed by atoms with van der Waals surface area (Å²) in [5, 5.41) is 7.35. The van der Waals surface area contributed by atoms with Crippen LogP contribution < -0.4 is 0 Å². The Morgan fingerprint density at radius 2 is 1.82 bits per heavy atom. The monoisotopic (exact) mass is 238 g/mol. The summed E-state index contributed by atoms with van der Waals surface area (Å²) < 4.78 is 9.13. The molecule has 0 aliphatic carbocycles. The fourth-order valence-corrected chi connectivity index (χ4v) is 1.36. The van der Waals surface area contributed by atoms with Crippen molar-refractivity contribution < 1.29 is 19.1 Å². The molecule has 1 aromatic rings. The number of aryl methyl sites for hydroxylation is 1. The molecule has 0 amide bonds. The van der Waals surface area contributed by atoms with Gasteiger partial charge in [-0.15, -0.1) is 10.2 Å². The molecule has 1 rings (SSSR count). The van der Waals surface area contributed by atoms with Crippen molar-refractivity contribution in [3.63, 3.8) is 0 Å². The second-order valence-corrected chi connectivity index (χ2v) is 3.34. The standard InChI is InChI=1S/C11H14N2O4/c1-4-5-7-6-8(10(14)16-2)12-13-9(7)11(15)17-3/h6H,4-5H2,1-3H3. The van der Waals surface area contributed by atoms with Crippen molar-refractivity contribution in [1.29, 1.82) is 0 Å². The fraction of sp³-hybridized carbons (Fsp3) is 0.455. The Kier molecular flexibility index (Phi) is 4.56. The average Bonchev–Trinajstić information content (AvgIpc) is 2.37. The Balaban J connectivity index is 3.16. The number of hydrogen-bond acceptors (Lipinski definition) is 6. The summed E-state index contributed by atoms with van der Waals surface area (Å²) in [6.07, 6.45) is 1.43. The number of hydrogen-bond donors (Lipinski definition) is 0. The van der Waals surface area contributed by atoms with Gasteiger partial charge in [-0.3, -0.25) is 0 Å². The Labute approximate surface area is 98.9 Å². The number of carbonyl (C=O) groups is 2. The topological polar surface area (TPSA) is 78.4 Å². The zero-order valence-corrected chi connectivity index (χ0v) is 10.0. The Bertz CT molecular complexity index is 431. The van der Waals surface area contributed by atoms with Gasteiger partial charge in [-0.2, -0.15) is 0 Å². The van der Waals surface area contributed by atoms with Crippen molar-refractivity contribution in [2.75, 3.05) is 14.2 Å². The highest BCUT2D eigenvalue weighted by molar-refractivity contribution is 5.91. The maximum atomic E-state index is 11.4. The number of nitrogens with zero attached hydrogens (tertiary/aromatic N) is 2. The van der Waals surface area contributed by atoms with Crippen LogP contribution in [0.15, 0.2) is 6.07 Å². The maximum Gasteiger partial charge on any atom is 0.358 e. The lowest BCUT2D eigenvalue weighted by Gasteiger charge is -2.06. The molecule has 0 bridgehead atoms. The van der Waals surface area contributed by atoms with Gasteiger partial charge in [-0.05, 0) is 18.1 Å². The average molecular weight is 238 g/mol. The number of carbonyl (C=O) groups excluding carboxylic acids is 2. The molecule has 0 saturated carbocycles. The van der Waals surface area contributed by atoms with Crippen LogP contribution in [0.25, 0.3) is 0 Å². The van der Waals surface area contributed by atoms with Crippen molar-refractivity contribution in [3.8, 4) is 0 Å². The molecule has 0 fully saturated rings. The van der Waals surface area contributed by atoms with Gasteiger partial charge in [-0.1, -0.05) is 13.3 Å². The second-order valence-electron chi connectivity index (χ2n) is 3.34. The minimum Gasteiger partial charge on any atom is -0.464 e. The van der Waals surface area contributed by atoms with E-state index in [9.17, 15) is 9.59 Å². The molecular formula is C11H14N2O4. The van der Waals surface area contributed by atoms with Gasteiger partial charge in [0.25, 0.3) is 0 Å². The van der Waals surface area contributed by atoms with Crippen molar-refractivity contribution in [1.82, 2.24) is 10.2 Å². The van der Waals surface area contributed by atoms with E-state index >= 15 is 0 Å². The molecule has 0 aliphatic rings. The third kappa shape index (κ3) is 2.99.